The Morgan fingerprint density at radius 3 is 2.59 bits per heavy atom. The van der Waals surface area contributed by atoms with E-state index in [4.69, 9.17) is 0 Å². The number of guanidine groups is 1. The molecule has 2 aliphatic heterocycles. The van der Waals surface area contributed by atoms with Gasteiger partial charge in [-0.15, -0.1) is 0 Å². The number of hydrogen-bond acceptors (Lipinski definition) is 5. The van der Waals surface area contributed by atoms with Crippen LogP contribution in [0.2, 0.25) is 0 Å². The van der Waals surface area contributed by atoms with Gasteiger partial charge in [-0.1, -0.05) is 18.2 Å². The maximum absolute atomic E-state index is 4.45. The molecule has 0 aromatic heterocycles. The molecule has 1 fully saturated rings. The van der Waals surface area contributed by atoms with Crippen LogP contribution in [0.15, 0.2) is 35.3 Å². The maximum Gasteiger partial charge on any atom is 0.191 e. The summed E-state index contributed by atoms with van der Waals surface area (Å²) in [6.45, 7) is 10.7. The average molecular weight is 301 g/mol. The van der Waals surface area contributed by atoms with E-state index >= 15 is 0 Å². The van der Waals surface area contributed by atoms with Gasteiger partial charge in [0.1, 0.15) is 0 Å². The maximum atomic E-state index is 4.45. The largest absolute Gasteiger partial charge is 0.369 e. The average Bonchev–Trinajstić information content (AvgIpc) is 2.99. The molecule has 2 heterocycles. The van der Waals surface area contributed by atoms with Crippen molar-refractivity contribution >= 4 is 11.6 Å². The lowest BCUT2D eigenvalue weighted by Crippen LogP contribution is -2.53. The fourth-order valence-electron chi connectivity index (χ4n) is 3.09. The first-order valence-corrected chi connectivity index (χ1v) is 8.31. The molecule has 0 radical (unpaired) electrons. The summed E-state index contributed by atoms with van der Waals surface area (Å²) in [4.78, 5) is 9.49. The first-order chi connectivity index (χ1) is 10.7. The molecule has 1 aromatic carbocycles. The molecular formula is C17H27N5. The molecule has 0 amide bonds. The molecule has 2 atom stereocenters. The molecule has 2 N–H and O–H groups in total. The van der Waals surface area contributed by atoms with Gasteiger partial charge < -0.3 is 15.5 Å². The summed E-state index contributed by atoms with van der Waals surface area (Å²) in [5.74, 6) is 0.960. The van der Waals surface area contributed by atoms with Crippen LogP contribution in [0.4, 0.5) is 5.69 Å². The van der Waals surface area contributed by atoms with Gasteiger partial charge in [-0.05, 0) is 26.0 Å². The third kappa shape index (κ3) is 3.71. The second-order valence-electron chi connectivity index (χ2n) is 6.32. The van der Waals surface area contributed by atoms with E-state index in [1.807, 2.05) is 0 Å². The molecule has 3 rings (SSSR count). The summed E-state index contributed by atoms with van der Waals surface area (Å²) >= 11 is 0. The van der Waals surface area contributed by atoms with Gasteiger partial charge in [0.25, 0.3) is 0 Å². The molecule has 2 unspecified atom stereocenters. The monoisotopic (exact) mass is 301 g/mol. The lowest BCUT2D eigenvalue weighted by Gasteiger charge is -2.39. The Morgan fingerprint density at radius 2 is 1.95 bits per heavy atom. The fourth-order valence-corrected chi connectivity index (χ4v) is 3.09. The molecule has 22 heavy (non-hydrogen) atoms. The highest BCUT2D eigenvalue weighted by molar-refractivity contribution is 5.81. The van der Waals surface area contributed by atoms with Gasteiger partial charge >= 0.3 is 0 Å². The summed E-state index contributed by atoms with van der Waals surface area (Å²) < 4.78 is 0. The molecule has 0 bridgehead atoms. The van der Waals surface area contributed by atoms with Crippen molar-refractivity contribution in [3.05, 3.63) is 30.3 Å². The number of benzene rings is 1. The molecular weight excluding hydrogens is 274 g/mol. The van der Waals surface area contributed by atoms with Crippen molar-refractivity contribution in [1.29, 1.82) is 0 Å². The summed E-state index contributed by atoms with van der Waals surface area (Å²) in [6.07, 6.45) is 0. The highest BCUT2D eigenvalue weighted by Crippen LogP contribution is 2.16. The Morgan fingerprint density at radius 1 is 1.23 bits per heavy atom. The quantitative estimate of drug-likeness (QED) is 0.875. The first kappa shape index (κ1) is 15.2. The molecule has 120 valence electrons. The molecule has 2 aliphatic rings. The van der Waals surface area contributed by atoms with Gasteiger partial charge in [0.15, 0.2) is 5.96 Å². The van der Waals surface area contributed by atoms with Crippen LogP contribution < -0.4 is 15.5 Å². The van der Waals surface area contributed by atoms with E-state index < -0.39 is 0 Å². The molecule has 1 aromatic rings. The van der Waals surface area contributed by atoms with Crippen LogP contribution in [-0.4, -0.2) is 62.2 Å². The lowest BCUT2D eigenvalue weighted by atomic mass is 10.2. The van der Waals surface area contributed by atoms with E-state index in [0.29, 0.717) is 12.1 Å². The van der Waals surface area contributed by atoms with Crippen LogP contribution in [0.5, 0.6) is 0 Å². The van der Waals surface area contributed by atoms with E-state index in [2.05, 4.69) is 69.6 Å². The van der Waals surface area contributed by atoms with Crippen molar-refractivity contribution < 1.29 is 0 Å². The van der Waals surface area contributed by atoms with Crippen LogP contribution in [0.1, 0.15) is 13.8 Å². The number of hydrogen-bond donors (Lipinski definition) is 2. The van der Waals surface area contributed by atoms with Gasteiger partial charge in [0.2, 0.25) is 0 Å². The van der Waals surface area contributed by atoms with Crippen molar-refractivity contribution in [2.24, 2.45) is 4.99 Å². The second-order valence-corrected chi connectivity index (χ2v) is 6.32. The minimum atomic E-state index is 0.465. The number of nitrogens with one attached hydrogen (secondary N) is 2. The SMILES string of the molecule is CC1CN=C(NCC(C)N2CCN(c3ccccc3)CC2)N1. The van der Waals surface area contributed by atoms with Crippen molar-refractivity contribution in [3.8, 4) is 0 Å². The Balaban J connectivity index is 1.43. The molecule has 0 aliphatic carbocycles. The third-order valence-corrected chi connectivity index (χ3v) is 4.53. The second kappa shape index (κ2) is 7.01. The molecule has 1 saturated heterocycles. The smallest absolute Gasteiger partial charge is 0.191 e. The molecule has 0 spiro atoms. The van der Waals surface area contributed by atoms with Gasteiger partial charge in [0.05, 0.1) is 6.54 Å². The summed E-state index contributed by atoms with van der Waals surface area (Å²) in [6, 6.07) is 11.7. The van der Waals surface area contributed by atoms with E-state index in [1.165, 1.54) is 5.69 Å². The lowest BCUT2D eigenvalue weighted by molar-refractivity contribution is 0.197. The normalized spacial score (nSPS) is 23.8. The number of aliphatic imine (C=N–C) groups is 1. The predicted molar refractivity (Wildman–Crippen MR) is 92.6 cm³/mol. The van der Waals surface area contributed by atoms with Crippen LogP contribution in [0.25, 0.3) is 0 Å². The Kier molecular flexibility index (Phi) is 4.83. The minimum Gasteiger partial charge on any atom is -0.369 e. The van der Waals surface area contributed by atoms with Gasteiger partial charge in [-0.25, -0.2) is 0 Å². The van der Waals surface area contributed by atoms with Crippen molar-refractivity contribution in [1.82, 2.24) is 15.5 Å². The van der Waals surface area contributed by atoms with Crippen LogP contribution in [0.3, 0.4) is 0 Å². The molecule has 5 nitrogen and oxygen atoms in total. The van der Waals surface area contributed by atoms with Gasteiger partial charge in [-0.2, -0.15) is 0 Å². The van der Waals surface area contributed by atoms with Gasteiger partial charge in [-0.3, -0.25) is 9.89 Å². The third-order valence-electron chi connectivity index (χ3n) is 4.53. The number of nitrogens with zero attached hydrogens (tertiary/aromatic N) is 3. The van der Waals surface area contributed by atoms with E-state index in [-0.39, 0.29) is 0 Å². The fraction of sp³-hybridized carbons (Fsp3) is 0.588. The van der Waals surface area contributed by atoms with Crippen LogP contribution >= 0.6 is 0 Å². The topological polar surface area (TPSA) is 42.9 Å². The Bertz CT molecular complexity index is 493. The van der Waals surface area contributed by atoms with E-state index in [0.717, 1.165) is 45.2 Å². The summed E-state index contributed by atoms with van der Waals surface area (Å²) in [7, 11) is 0. The standard InChI is InChI=1S/C17H27N5/c1-14-12-18-17(20-14)19-13-15(2)21-8-10-22(11-9-21)16-6-4-3-5-7-16/h3-7,14-15H,8-13H2,1-2H3,(H2,18,19,20). The Hall–Kier alpha value is -1.75. The molecule has 5 heteroatoms. The molecule has 0 saturated carbocycles. The number of anilines is 1. The number of para-hydroxylation sites is 1. The van der Waals surface area contributed by atoms with E-state index in [9.17, 15) is 0 Å². The Labute approximate surface area is 133 Å². The highest BCUT2D eigenvalue weighted by Gasteiger charge is 2.22. The van der Waals surface area contributed by atoms with Crippen molar-refractivity contribution in [2.45, 2.75) is 25.9 Å². The van der Waals surface area contributed by atoms with Crippen molar-refractivity contribution in [3.63, 3.8) is 0 Å². The summed E-state index contributed by atoms with van der Waals surface area (Å²) in [5, 5.41) is 6.79. The van der Waals surface area contributed by atoms with Crippen molar-refractivity contribution in [2.75, 3.05) is 44.2 Å². The number of rotatable bonds is 4. The van der Waals surface area contributed by atoms with E-state index in [1.54, 1.807) is 0 Å². The van der Waals surface area contributed by atoms with Gasteiger partial charge in [0, 0.05) is 50.5 Å². The first-order valence-electron chi connectivity index (χ1n) is 8.31. The minimum absolute atomic E-state index is 0.465. The predicted octanol–water partition coefficient (Wildman–Crippen LogP) is 1.13. The zero-order valence-electron chi connectivity index (χ0n) is 13.6. The van der Waals surface area contributed by atoms with Crippen LogP contribution in [0, 0.1) is 0 Å². The van der Waals surface area contributed by atoms with Crippen LogP contribution in [-0.2, 0) is 0 Å². The zero-order chi connectivity index (χ0) is 15.4. The highest BCUT2D eigenvalue weighted by atomic mass is 15.3. The number of piperazine rings is 1. The zero-order valence-corrected chi connectivity index (χ0v) is 13.6. The summed E-state index contributed by atoms with van der Waals surface area (Å²) in [5.41, 5.74) is 1.34.